The normalized spacial score (nSPS) is 17.7. The summed E-state index contributed by atoms with van der Waals surface area (Å²) in [5.74, 6) is -1.43. The number of rotatable bonds is 5. The van der Waals surface area contributed by atoms with Gasteiger partial charge in [0.15, 0.2) is 0 Å². The molecule has 0 aromatic heterocycles. The minimum Gasteiger partial charge on any atom is -0.495 e. The molecule has 3 rings (SSSR count). The number of carbonyl (C=O) groups excluding carboxylic acids is 1. The van der Waals surface area contributed by atoms with Gasteiger partial charge in [-0.25, -0.2) is 12.8 Å². The van der Waals surface area contributed by atoms with E-state index >= 15 is 0 Å². The van der Waals surface area contributed by atoms with Crippen LogP contribution in [0, 0.1) is 11.7 Å². The molecule has 1 aliphatic rings. The lowest BCUT2D eigenvalue weighted by molar-refractivity contribution is -0.120. The van der Waals surface area contributed by atoms with Crippen LogP contribution in [-0.2, 0) is 14.8 Å². The van der Waals surface area contributed by atoms with Crippen LogP contribution in [-0.4, -0.2) is 38.8 Å². The Morgan fingerprint density at radius 3 is 2.76 bits per heavy atom. The molecule has 1 heterocycles. The molecule has 0 unspecified atom stereocenters. The Hall–Kier alpha value is -1.68. The third kappa shape index (κ3) is 4.91. The molecule has 10 heteroatoms. The summed E-state index contributed by atoms with van der Waals surface area (Å²) in [6.45, 7) is 0.260. The highest BCUT2D eigenvalue weighted by Gasteiger charge is 2.35. The SMILES string of the molecule is COc1ccc(Cl)cc1S(=O)(=O)N1CCC[C@H](C(=O)Nc2ccc(Br)cc2F)C1. The van der Waals surface area contributed by atoms with Crippen LogP contribution in [0.3, 0.4) is 0 Å². The molecule has 1 saturated heterocycles. The number of hydrogen-bond acceptors (Lipinski definition) is 4. The molecule has 1 aliphatic heterocycles. The number of anilines is 1. The maximum Gasteiger partial charge on any atom is 0.246 e. The van der Waals surface area contributed by atoms with Crippen molar-refractivity contribution < 1.29 is 22.3 Å². The number of hydrogen-bond donors (Lipinski definition) is 1. The zero-order valence-electron chi connectivity index (χ0n) is 15.5. The number of sulfonamides is 1. The highest BCUT2D eigenvalue weighted by molar-refractivity contribution is 9.10. The van der Waals surface area contributed by atoms with Crippen molar-refractivity contribution in [2.75, 3.05) is 25.5 Å². The van der Waals surface area contributed by atoms with Crippen molar-refractivity contribution in [3.05, 3.63) is 51.7 Å². The van der Waals surface area contributed by atoms with Gasteiger partial charge < -0.3 is 10.1 Å². The predicted octanol–water partition coefficient (Wildman–Crippen LogP) is 4.29. The molecule has 156 valence electrons. The molecular formula is C19H19BrClFN2O4S. The minimum absolute atomic E-state index is 0.0119. The van der Waals surface area contributed by atoms with E-state index < -0.39 is 27.7 Å². The van der Waals surface area contributed by atoms with E-state index in [2.05, 4.69) is 21.2 Å². The van der Waals surface area contributed by atoms with Gasteiger partial charge >= 0.3 is 0 Å². The molecule has 29 heavy (non-hydrogen) atoms. The molecule has 0 radical (unpaired) electrons. The van der Waals surface area contributed by atoms with E-state index in [0.717, 1.165) is 0 Å². The number of halogens is 3. The first-order valence-electron chi connectivity index (χ1n) is 8.82. The van der Waals surface area contributed by atoms with Gasteiger partial charge in [0.1, 0.15) is 16.5 Å². The van der Waals surface area contributed by atoms with Crippen LogP contribution in [0.4, 0.5) is 10.1 Å². The Morgan fingerprint density at radius 1 is 1.31 bits per heavy atom. The fraction of sp³-hybridized carbons (Fsp3) is 0.316. The molecule has 1 fully saturated rings. The summed E-state index contributed by atoms with van der Waals surface area (Å²) in [6.07, 6.45) is 1.01. The first kappa shape index (κ1) is 22.0. The van der Waals surface area contributed by atoms with E-state index in [1.54, 1.807) is 12.1 Å². The van der Waals surface area contributed by atoms with Crippen molar-refractivity contribution in [2.24, 2.45) is 5.92 Å². The molecule has 0 saturated carbocycles. The van der Waals surface area contributed by atoms with E-state index in [4.69, 9.17) is 16.3 Å². The fourth-order valence-corrected chi connectivity index (χ4v) is 5.47. The lowest BCUT2D eigenvalue weighted by Gasteiger charge is -2.31. The van der Waals surface area contributed by atoms with E-state index in [0.29, 0.717) is 17.3 Å². The summed E-state index contributed by atoms with van der Waals surface area (Å²) in [7, 11) is -2.54. The number of piperidine rings is 1. The predicted molar refractivity (Wildman–Crippen MR) is 112 cm³/mol. The van der Waals surface area contributed by atoms with Gasteiger partial charge in [0.2, 0.25) is 15.9 Å². The third-order valence-corrected chi connectivity index (χ3v) is 7.30. The first-order valence-corrected chi connectivity index (χ1v) is 11.4. The summed E-state index contributed by atoms with van der Waals surface area (Å²) >= 11 is 9.13. The number of methoxy groups -OCH3 is 1. The van der Waals surface area contributed by atoms with Crippen molar-refractivity contribution >= 4 is 49.1 Å². The van der Waals surface area contributed by atoms with Crippen molar-refractivity contribution in [3.8, 4) is 5.75 Å². The zero-order valence-corrected chi connectivity index (χ0v) is 18.7. The smallest absolute Gasteiger partial charge is 0.246 e. The Balaban J connectivity index is 1.79. The van der Waals surface area contributed by atoms with E-state index in [1.165, 1.54) is 35.7 Å². The van der Waals surface area contributed by atoms with E-state index in [9.17, 15) is 17.6 Å². The van der Waals surface area contributed by atoms with Crippen molar-refractivity contribution in [3.63, 3.8) is 0 Å². The molecule has 2 aromatic rings. The second-order valence-corrected chi connectivity index (χ2v) is 9.87. The number of ether oxygens (including phenoxy) is 1. The number of carbonyl (C=O) groups is 1. The lowest BCUT2D eigenvalue weighted by Crippen LogP contribution is -2.43. The topological polar surface area (TPSA) is 75.7 Å². The Labute approximate surface area is 182 Å². The van der Waals surface area contributed by atoms with Crippen molar-refractivity contribution in [1.82, 2.24) is 4.31 Å². The first-order chi connectivity index (χ1) is 13.7. The maximum atomic E-state index is 14.0. The quantitative estimate of drug-likeness (QED) is 0.658. The van der Waals surface area contributed by atoms with Crippen LogP contribution in [0.2, 0.25) is 5.02 Å². The van der Waals surface area contributed by atoms with E-state index in [1.807, 2.05) is 0 Å². The molecule has 1 amide bonds. The molecule has 0 aliphatic carbocycles. The van der Waals surface area contributed by atoms with Crippen LogP contribution < -0.4 is 10.1 Å². The van der Waals surface area contributed by atoms with Gasteiger partial charge in [0.25, 0.3) is 0 Å². The molecule has 0 spiro atoms. The number of nitrogens with zero attached hydrogens (tertiary/aromatic N) is 1. The standard InChI is InChI=1S/C19H19BrClFN2O4S/c1-28-17-7-5-14(21)10-18(17)29(26,27)24-8-2-3-12(11-24)19(25)23-16-6-4-13(20)9-15(16)22/h4-7,9-10,12H,2-3,8,11H2,1H3,(H,23,25)/t12-/m0/s1. The van der Waals surface area contributed by atoms with Gasteiger partial charge in [-0.3, -0.25) is 4.79 Å². The molecule has 6 nitrogen and oxygen atoms in total. The average molecular weight is 506 g/mol. The third-order valence-electron chi connectivity index (χ3n) is 4.69. The lowest BCUT2D eigenvalue weighted by atomic mass is 9.98. The second-order valence-electron chi connectivity index (χ2n) is 6.61. The van der Waals surface area contributed by atoms with Crippen molar-refractivity contribution in [1.29, 1.82) is 0 Å². The van der Waals surface area contributed by atoms with Crippen molar-refractivity contribution in [2.45, 2.75) is 17.7 Å². The summed E-state index contributed by atoms with van der Waals surface area (Å²) in [6, 6.07) is 8.67. The molecule has 1 atom stereocenters. The highest BCUT2D eigenvalue weighted by Crippen LogP contribution is 2.32. The highest BCUT2D eigenvalue weighted by atomic mass is 79.9. The second kappa shape index (κ2) is 8.99. The van der Waals surface area contributed by atoms with Gasteiger partial charge in [0.05, 0.1) is 18.7 Å². The van der Waals surface area contributed by atoms with Gasteiger partial charge in [0, 0.05) is 22.6 Å². The Morgan fingerprint density at radius 2 is 2.07 bits per heavy atom. The Kier molecular flexibility index (Phi) is 6.83. The monoisotopic (exact) mass is 504 g/mol. The number of nitrogens with one attached hydrogen (secondary N) is 1. The molecule has 0 bridgehead atoms. The minimum atomic E-state index is -3.92. The van der Waals surface area contributed by atoms with Gasteiger partial charge in [-0.05, 0) is 49.2 Å². The largest absolute Gasteiger partial charge is 0.495 e. The summed E-state index contributed by atoms with van der Waals surface area (Å²) < 4.78 is 47.2. The van der Waals surface area contributed by atoms with Crippen LogP contribution in [0.5, 0.6) is 5.75 Å². The maximum absolute atomic E-state index is 14.0. The average Bonchev–Trinajstić information content (AvgIpc) is 2.70. The van der Waals surface area contributed by atoms with Crippen LogP contribution in [0.1, 0.15) is 12.8 Å². The summed E-state index contributed by atoms with van der Waals surface area (Å²) in [5, 5.41) is 2.81. The summed E-state index contributed by atoms with van der Waals surface area (Å²) in [5.41, 5.74) is 0.0506. The summed E-state index contributed by atoms with van der Waals surface area (Å²) in [4.78, 5) is 12.6. The van der Waals surface area contributed by atoms with Crippen LogP contribution in [0.25, 0.3) is 0 Å². The van der Waals surface area contributed by atoms with Crippen LogP contribution in [0.15, 0.2) is 45.8 Å². The molecular weight excluding hydrogens is 487 g/mol. The Bertz CT molecular complexity index is 1030. The van der Waals surface area contributed by atoms with Gasteiger partial charge in [-0.2, -0.15) is 4.31 Å². The van der Waals surface area contributed by atoms with Gasteiger partial charge in [-0.1, -0.05) is 27.5 Å². The number of amides is 1. The van der Waals surface area contributed by atoms with Gasteiger partial charge in [-0.15, -0.1) is 0 Å². The molecule has 2 aromatic carbocycles. The molecule has 1 N–H and O–H groups in total. The number of benzene rings is 2. The fourth-order valence-electron chi connectivity index (χ4n) is 3.19. The van der Waals surface area contributed by atoms with Crippen LogP contribution >= 0.6 is 27.5 Å². The zero-order chi connectivity index (χ0) is 21.2. The van der Waals surface area contributed by atoms with E-state index in [-0.39, 0.29) is 34.4 Å².